The molecule has 0 rings (SSSR count). The van der Waals surface area contributed by atoms with E-state index in [1.165, 1.54) is 0 Å². The smallest absolute Gasteiger partial charge is 0.338 e. The van der Waals surface area contributed by atoms with Crippen LogP contribution in [-0.2, 0) is 19.6 Å². The van der Waals surface area contributed by atoms with Gasteiger partial charge in [-0.1, -0.05) is 20.8 Å². The van der Waals surface area contributed by atoms with Gasteiger partial charge in [-0.2, -0.15) is 0 Å². The highest BCUT2D eigenvalue weighted by molar-refractivity contribution is 7.88. The maximum absolute atomic E-state index is 11.5. The molecule has 2 atom stereocenters. The maximum atomic E-state index is 11.5. The van der Waals surface area contributed by atoms with E-state index in [9.17, 15) is 13.2 Å². The molecule has 0 aromatic heterocycles. The van der Waals surface area contributed by atoms with E-state index in [-0.39, 0.29) is 18.1 Å². The lowest BCUT2D eigenvalue weighted by molar-refractivity contribution is -0.0287. The molecular formula is C14H30N3O5S. The second kappa shape index (κ2) is 11.6. The highest BCUT2D eigenvalue weighted by Crippen LogP contribution is 2.14. The Labute approximate surface area is 139 Å². The summed E-state index contributed by atoms with van der Waals surface area (Å²) in [6, 6.07) is -0.746. The monoisotopic (exact) mass is 352 g/mol. The number of hydroxylamine groups is 1. The third kappa shape index (κ3) is 12.2. The second-order valence-electron chi connectivity index (χ2n) is 5.71. The van der Waals surface area contributed by atoms with E-state index < -0.39 is 16.1 Å². The fourth-order valence-corrected chi connectivity index (χ4v) is 2.78. The van der Waals surface area contributed by atoms with Gasteiger partial charge in [0.05, 0.1) is 12.4 Å². The van der Waals surface area contributed by atoms with E-state index in [4.69, 9.17) is 9.57 Å². The van der Waals surface area contributed by atoms with E-state index in [0.717, 1.165) is 6.26 Å². The number of carbonyl (C=O) groups excluding carboxylic acids is 1. The Balaban J connectivity index is 4.63. The molecule has 0 fully saturated rings. The van der Waals surface area contributed by atoms with Crippen molar-refractivity contribution in [2.45, 2.75) is 45.3 Å². The Morgan fingerprint density at radius 1 is 1.30 bits per heavy atom. The fraction of sp³-hybridized carbons (Fsp3) is 0.857. The summed E-state index contributed by atoms with van der Waals surface area (Å²) < 4.78 is 30.6. The maximum Gasteiger partial charge on any atom is 0.338 e. The first-order valence-electron chi connectivity index (χ1n) is 7.64. The van der Waals surface area contributed by atoms with Crippen molar-refractivity contribution in [3.05, 3.63) is 6.92 Å². The van der Waals surface area contributed by atoms with E-state index in [1.54, 1.807) is 7.11 Å². The van der Waals surface area contributed by atoms with Gasteiger partial charge in [0.2, 0.25) is 10.0 Å². The average molecular weight is 352 g/mol. The highest BCUT2D eigenvalue weighted by Gasteiger charge is 2.23. The Hall–Kier alpha value is -0.900. The standard InChI is InChI=1S/C14H30N3O5S/c1-6-8-15-14(18)16-22-12(7-9-21-4)10-13(11(2)3)17-23(5,19)20/h11-13,17H,1,6-10H2,2-5H3,(H2,15,16,18). The van der Waals surface area contributed by atoms with Crippen LogP contribution in [0.25, 0.3) is 0 Å². The van der Waals surface area contributed by atoms with Gasteiger partial charge in [0.15, 0.2) is 0 Å². The summed E-state index contributed by atoms with van der Waals surface area (Å²) in [4.78, 5) is 16.9. The number of hydrogen-bond donors (Lipinski definition) is 3. The number of ether oxygens (including phenoxy) is 1. The normalized spacial score (nSPS) is 14.5. The molecule has 8 nitrogen and oxygen atoms in total. The number of hydrogen-bond acceptors (Lipinski definition) is 5. The van der Waals surface area contributed by atoms with Gasteiger partial charge in [-0.15, -0.1) is 0 Å². The zero-order chi connectivity index (χ0) is 17.9. The second-order valence-corrected chi connectivity index (χ2v) is 7.49. The molecule has 0 aliphatic heterocycles. The Kier molecular flexibility index (Phi) is 11.2. The molecule has 0 saturated heterocycles. The number of urea groups is 1. The lowest BCUT2D eigenvalue weighted by Gasteiger charge is -2.26. The third-order valence-corrected chi connectivity index (χ3v) is 3.84. The average Bonchev–Trinajstić information content (AvgIpc) is 2.45. The molecule has 2 amide bonds. The molecule has 0 bridgehead atoms. The number of amides is 2. The van der Waals surface area contributed by atoms with Crippen LogP contribution in [0.15, 0.2) is 0 Å². The van der Waals surface area contributed by atoms with E-state index in [0.29, 0.717) is 32.4 Å². The highest BCUT2D eigenvalue weighted by atomic mass is 32.2. The summed E-state index contributed by atoms with van der Waals surface area (Å²) >= 11 is 0. The van der Waals surface area contributed by atoms with Crippen LogP contribution in [0.2, 0.25) is 0 Å². The first-order valence-corrected chi connectivity index (χ1v) is 9.53. The molecule has 23 heavy (non-hydrogen) atoms. The summed E-state index contributed by atoms with van der Waals surface area (Å²) in [5.41, 5.74) is 2.32. The quantitative estimate of drug-likeness (QED) is 0.451. The zero-order valence-electron chi connectivity index (χ0n) is 14.4. The summed E-state index contributed by atoms with van der Waals surface area (Å²) in [5, 5.41) is 2.58. The number of rotatable bonds is 12. The van der Waals surface area contributed by atoms with Crippen molar-refractivity contribution in [2.75, 3.05) is 26.5 Å². The molecule has 0 heterocycles. The number of methoxy groups -OCH3 is 1. The summed E-state index contributed by atoms with van der Waals surface area (Å²) in [6.07, 6.45) is 2.28. The topological polar surface area (TPSA) is 106 Å². The number of nitrogens with one attached hydrogen (secondary N) is 3. The van der Waals surface area contributed by atoms with E-state index >= 15 is 0 Å². The van der Waals surface area contributed by atoms with Gasteiger partial charge in [-0.05, 0) is 25.2 Å². The van der Waals surface area contributed by atoms with Crippen molar-refractivity contribution in [2.24, 2.45) is 5.92 Å². The molecule has 9 heteroatoms. The Bertz CT molecular complexity index is 428. The lowest BCUT2D eigenvalue weighted by Crippen LogP contribution is -2.44. The SMILES string of the molecule is [CH2]CCNC(=O)NOC(CCOC)CC(NS(C)(=O)=O)C(C)C. The van der Waals surface area contributed by atoms with Crippen LogP contribution >= 0.6 is 0 Å². The molecule has 137 valence electrons. The molecule has 0 aromatic rings. The van der Waals surface area contributed by atoms with Crippen molar-refractivity contribution < 1.29 is 22.8 Å². The van der Waals surface area contributed by atoms with Gasteiger partial charge < -0.3 is 10.1 Å². The van der Waals surface area contributed by atoms with Crippen molar-refractivity contribution in [3.8, 4) is 0 Å². The van der Waals surface area contributed by atoms with E-state index in [2.05, 4.69) is 22.4 Å². The van der Waals surface area contributed by atoms with Gasteiger partial charge in [-0.25, -0.2) is 23.4 Å². The van der Waals surface area contributed by atoms with Crippen LogP contribution in [-0.4, -0.2) is 53.1 Å². The predicted octanol–water partition coefficient (Wildman–Crippen LogP) is 0.810. The molecule has 0 spiro atoms. The van der Waals surface area contributed by atoms with Crippen molar-refractivity contribution in [3.63, 3.8) is 0 Å². The van der Waals surface area contributed by atoms with Crippen LogP contribution in [0.5, 0.6) is 0 Å². The van der Waals surface area contributed by atoms with Crippen molar-refractivity contribution in [1.29, 1.82) is 0 Å². The minimum atomic E-state index is -3.32. The summed E-state index contributed by atoms with van der Waals surface area (Å²) in [6.45, 7) is 8.35. The van der Waals surface area contributed by atoms with Crippen LogP contribution in [0, 0.1) is 12.8 Å². The van der Waals surface area contributed by atoms with Crippen molar-refractivity contribution >= 4 is 16.1 Å². The molecule has 0 aliphatic carbocycles. The van der Waals surface area contributed by atoms with Crippen LogP contribution in [0.1, 0.15) is 33.1 Å². The number of carbonyl (C=O) groups is 1. The third-order valence-electron chi connectivity index (χ3n) is 3.11. The Morgan fingerprint density at radius 2 is 1.96 bits per heavy atom. The molecule has 0 saturated carbocycles. The van der Waals surface area contributed by atoms with Crippen molar-refractivity contribution in [1.82, 2.24) is 15.5 Å². The van der Waals surface area contributed by atoms with E-state index in [1.807, 2.05) is 13.8 Å². The summed E-state index contributed by atoms with van der Waals surface area (Å²) in [5.74, 6) is 0.0818. The molecule has 2 unspecified atom stereocenters. The lowest BCUT2D eigenvalue weighted by atomic mass is 9.98. The largest absolute Gasteiger partial charge is 0.385 e. The minimum Gasteiger partial charge on any atom is -0.385 e. The Morgan fingerprint density at radius 3 is 2.43 bits per heavy atom. The van der Waals surface area contributed by atoms with Gasteiger partial charge in [0, 0.05) is 26.3 Å². The number of sulfonamides is 1. The van der Waals surface area contributed by atoms with Gasteiger partial charge in [-0.3, -0.25) is 4.84 Å². The van der Waals surface area contributed by atoms with Gasteiger partial charge in [0.25, 0.3) is 0 Å². The fourth-order valence-electron chi connectivity index (χ4n) is 1.86. The zero-order valence-corrected chi connectivity index (χ0v) is 15.2. The summed E-state index contributed by atoms with van der Waals surface area (Å²) in [7, 11) is -1.75. The molecule has 1 radical (unpaired) electrons. The van der Waals surface area contributed by atoms with Crippen LogP contribution in [0.4, 0.5) is 4.79 Å². The molecular weight excluding hydrogens is 322 g/mol. The van der Waals surface area contributed by atoms with Gasteiger partial charge in [0.1, 0.15) is 0 Å². The first-order chi connectivity index (χ1) is 10.7. The van der Waals surface area contributed by atoms with Crippen LogP contribution < -0.4 is 15.5 Å². The van der Waals surface area contributed by atoms with Crippen LogP contribution in [0.3, 0.4) is 0 Å². The predicted molar refractivity (Wildman–Crippen MR) is 89.1 cm³/mol. The first kappa shape index (κ1) is 22.1. The minimum absolute atomic E-state index is 0.0818. The molecule has 0 aliphatic rings. The molecule has 3 N–H and O–H groups in total. The van der Waals surface area contributed by atoms with Gasteiger partial charge >= 0.3 is 6.03 Å². The molecule has 0 aromatic carbocycles.